The minimum Gasteiger partial charge on any atom is -0.316 e. The first-order valence-corrected chi connectivity index (χ1v) is 5.82. The zero-order chi connectivity index (χ0) is 9.80. The summed E-state index contributed by atoms with van der Waals surface area (Å²) in [5, 5.41) is 3.31. The van der Waals surface area contributed by atoms with Gasteiger partial charge in [0.2, 0.25) is 0 Å². The van der Waals surface area contributed by atoms with Crippen molar-refractivity contribution in [1.29, 1.82) is 0 Å². The predicted molar refractivity (Wildman–Crippen MR) is 57.2 cm³/mol. The minimum absolute atomic E-state index is 0.271. The summed E-state index contributed by atoms with van der Waals surface area (Å²) in [7, 11) is 0. The van der Waals surface area contributed by atoms with Crippen molar-refractivity contribution in [1.82, 2.24) is 5.32 Å². The predicted octanol–water partition coefficient (Wildman–Crippen LogP) is 2.06. The van der Waals surface area contributed by atoms with Crippen molar-refractivity contribution in [3.8, 4) is 0 Å². The molecule has 1 aliphatic carbocycles. The van der Waals surface area contributed by atoms with Crippen LogP contribution in [-0.4, -0.2) is 18.9 Å². The van der Waals surface area contributed by atoms with E-state index in [1.165, 1.54) is 12.8 Å². The van der Waals surface area contributed by atoms with Gasteiger partial charge in [-0.2, -0.15) is 0 Å². The molecule has 1 atom stereocenters. The summed E-state index contributed by atoms with van der Waals surface area (Å²) in [5.74, 6) is 0.699. The molecule has 0 amide bonds. The SMILES string of the molecule is O=C(C1=CCCCC1)C1CCCNC1. The first-order valence-electron chi connectivity index (χ1n) is 5.82. The van der Waals surface area contributed by atoms with Crippen LogP contribution in [0.25, 0.3) is 0 Å². The van der Waals surface area contributed by atoms with Crippen molar-refractivity contribution in [3.05, 3.63) is 11.6 Å². The van der Waals surface area contributed by atoms with E-state index in [1.807, 2.05) is 0 Å². The summed E-state index contributed by atoms with van der Waals surface area (Å²) in [6.45, 7) is 1.99. The number of Topliss-reactive ketones (excluding diaryl/α,β-unsaturated/α-hetero) is 1. The van der Waals surface area contributed by atoms with Crippen molar-refractivity contribution in [2.45, 2.75) is 38.5 Å². The molecule has 0 aromatic rings. The molecule has 0 saturated carbocycles. The van der Waals surface area contributed by atoms with Crippen molar-refractivity contribution >= 4 is 5.78 Å². The van der Waals surface area contributed by atoms with Gasteiger partial charge in [-0.15, -0.1) is 0 Å². The lowest BCUT2D eigenvalue weighted by Gasteiger charge is -2.23. The monoisotopic (exact) mass is 193 g/mol. The fourth-order valence-corrected chi connectivity index (χ4v) is 2.40. The van der Waals surface area contributed by atoms with Crippen LogP contribution < -0.4 is 5.32 Å². The summed E-state index contributed by atoms with van der Waals surface area (Å²) in [5.41, 5.74) is 1.12. The van der Waals surface area contributed by atoms with E-state index in [-0.39, 0.29) is 5.92 Å². The third-order valence-corrected chi connectivity index (χ3v) is 3.28. The fraction of sp³-hybridized carbons (Fsp3) is 0.750. The quantitative estimate of drug-likeness (QED) is 0.727. The Morgan fingerprint density at radius 3 is 2.93 bits per heavy atom. The van der Waals surface area contributed by atoms with Crippen LogP contribution in [0.1, 0.15) is 38.5 Å². The van der Waals surface area contributed by atoms with Crippen LogP contribution in [0.3, 0.4) is 0 Å². The highest BCUT2D eigenvalue weighted by Crippen LogP contribution is 2.23. The second-order valence-electron chi connectivity index (χ2n) is 4.38. The topological polar surface area (TPSA) is 29.1 Å². The average Bonchev–Trinajstić information content (AvgIpc) is 2.30. The van der Waals surface area contributed by atoms with E-state index in [0.717, 1.165) is 44.3 Å². The summed E-state index contributed by atoms with van der Waals surface area (Å²) < 4.78 is 0. The third kappa shape index (κ3) is 2.24. The fourth-order valence-electron chi connectivity index (χ4n) is 2.40. The number of hydrogen-bond donors (Lipinski definition) is 1. The van der Waals surface area contributed by atoms with Crippen LogP contribution in [0.4, 0.5) is 0 Å². The smallest absolute Gasteiger partial charge is 0.162 e. The molecule has 2 rings (SSSR count). The maximum Gasteiger partial charge on any atom is 0.162 e. The van der Waals surface area contributed by atoms with Gasteiger partial charge in [0, 0.05) is 12.5 Å². The van der Waals surface area contributed by atoms with Crippen LogP contribution in [-0.2, 0) is 4.79 Å². The number of rotatable bonds is 2. The molecular formula is C12H19NO. The summed E-state index contributed by atoms with van der Waals surface area (Å²) in [6, 6.07) is 0. The van der Waals surface area contributed by atoms with Crippen LogP contribution in [0.15, 0.2) is 11.6 Å². The Hall–Kier alpha value is -0.630. The third-order valence-electron chi connectivity index (χ3n) is 3.28. The van der Waals surface area contributed by atoms with Crippen molar-refractivity contribution < 1.29 is 4.79 Å². The molecular weight excluding hydrogens is 174 g/mol. The molecule has 1 aliphatic heterocycles. The molecule has 0 aromatic carbocycles. The summed E-state index contributed by atoms with van der Waals surface area (Å²) in [6.07, 6.45) is 9.02. The van der Waals surface area contributed by atoms with Gasteiger partial charge in [-0.3, -0.25) is 4.79 Å². The lowest BCUT2D eigenvalue weighted by atomic mass is 9.86. The maximum atomic E-state index is 12.0. The number of hydrogen-bond acceptors (Lipinski definition) is 2. The van der Waals surface area contributed by atoms with Crippen LogP contribution in [0, 0.1) is 5.92 Å². The van der Waals surface area contributed by atoms with E-state index in [2.05, 4.69) is 11.4 Å². The zero-order valence-corrected chi connectivity index (χ0v) is 8.72. The molecule has 14 heavy (non-hydrogen) atoms. The van der Waals surface area contributed by atoms with Gasteiger partial charge >= 0.3 is 0 Å². The minimum atomic E-state index is 0.271. The Bertz CT molecular complexity index is 239. The molecule has 0 bridgehead atoms. The standard InChI is InChI=1S/C12H19NO/c14-12(10-5-2-1-3-6-10)11-7-4-8-13-9-11/h5,11,13H,1-4,6-9H2. The van der Waals surface area contributed by atoms with Crippen molar-refractivity contribution in [2.24, 2.45) is 5.92 Å². The Labute approximate surface area is 85.8 Å². The molecule has 2 nitrogen and oxygen atoms in total. The molecule has 2 aliphatic rings. The average molecular weight is 193 g/mol. The second-order valence-corrected chi connectivity index (χ2v) is 4.38. The van der Waals surface area contributed by atoms with E-state index >= 15 is 0 Å². The van der Waals surface area contributed by atoms with Crippen LogP contribution >= 0.6 is 0 Å². The first kappa shape index (κ1) is 9.91. The zero-order valence-electron chi connectivity index (χ0n) is 8.72. The molecule has 0 radical (unpaired) electrons. The molecule has 78 valence electrons. The molecule has 1 heterocycles. The van der Waals surface area contributed by atoms with E-state index in [1.54, 1.807) is 0 Å². The summed E-state index contributed by atoms with van der Waals surface area (Å²) >= 11 is 0. The molecule has 2 heteroatoms. The van der Waals surface area contributed by atoms with Gasteiger partial charge in [0.1, 0.15) is 0 Å². The van der Waals surface area contributed by atoms with Gasteiger partial charge in [-0.25, -0.2) is 0 Å². The Morgan fingerprint density at radius 1 is 1.36 bits per heavy atom. The summed E-state index contributed by atoms with van der Waals surface area (Å²) in [4.78, 5) is 12.0. The molecule has 1 N–H and O–H groups in total. The normalized spacial score (nSPS) is 28.3. The van der Waals surface area contributed by atoms with E-state index in [9.17, 15) is 4.79 Å². The van der Waals surface area contributed by atoms with Gasteiger partial charge in [0.25, 0.3) is 0 Å². The Morgan fingerprint density at radius 2 is 2.29 bits per heavy atom. The Balaban J connectivity index is 1.95. The van der Waals surface area contributed by atoms with E-state index in [4.69, 9.17) is 0 Å². The number of carbonyl (C=O) groups excluding carboxylic acids is 1. The van der Waals surface area contributed by atoms with Gasteiger partial charge in [-0.1, -0.05) is 6.08 Å². The van der Waals surface area contributed by atoms with Crippen molar-refractivity contribution in [3.63, 3.8) is 0 Å². The second kappa shape index (κ2) is 4.74. The number of nitrogens with one attached hydrogen (secondary N) is 1. The number of allylic oxidation sites excluding steroid dienone is 2. The molecule has 1 unspecified atom stereocenters. The van der Waals surface area contributed by atoms with Crippen molar-refractivity contribution in [2.75, 3.05) is 13.1 Å². The highest BCUT2D eigenvalue weighted by molar-refractivity contribution is 5.97. The van der Waals surface area contributed by atoms with E-state index < -0.39 is 0 Å². The van der Waals surface area contributed by atoms with Crippen LogP contribution in [0.2, 0.25) is 0 Å². The number of piperidine rings is 1. The molecule has 0 aromatic heterocycles. The number of carbonyl (C=O) groups is 1. The lowest BCUT2D eigenvalue weighted by Crippen LogP contribution is -2.35. The Kier molecular flexibility index (Phi) is 3.35. The van der Waals surface area contributed by atoms with Crippen LogP contribution in [0.5, 0.6) is 0 Å². The van der Waals surface area contributed by atoms with E-state index in [0.29, 0.717) is 5.78 Å². The van der Waals surface area contributed by atoms with Gasteiger partial charge in [0.15, 0.2) is 5.78 Å². The van der Waals surface area contributed by atoms with Gasteiger partial charge in [0.05, 0.1) is 0 Å². The van der Waals surface area contributed by atoms with Gasteiger partial charge < -0.3 is 5.32 Å². The number of ketones is 1. The molecule has 1 fully saturated rings. The first-order chi connectivity index (χ1) is 6.88. The highest BCUT2D eigenvalue weighted by Gasteiger charge is 2.24. The lowest BCUT2D eigenvalue weighted by molar-refractivity contribution is -0.119. The molecule has 1 saturated heterocycles. The largest absolute Gasteiger partial charge is 0.316 e. The maximum absolute atomic E-state index is 12.0. The van der Waals surface area contributed by atoms with Gasteiger partial charge in [-0.05, 0) is 50.6 Å². The molecule has 0 spiro atoms. The highest BCUT2D eigenvalue weighted by atomic mass is 16.1.